The smallest absolute Gasteiger partial charge is 0.267 e. The number of carbonyl (C=O) groups is 2. The summed E-state index contributed by atoms with van der Waals surface area (Å²) in [5.74, 6) is 0.185. The number of aliphatic hydroxyl groups is 1. The fourth-order valence-electron chi connectivity index (χ4n) is 4.73. The summed E-state index contributed by atoms with van der Waals surface area (Å²) in [6, 6.07) is 13.5. The second-order valence-corrected chi connectivity index (χ2v) is 10.0. The van der Waals surface area contributed by atoms with E-state index in [0.29, 0.717) is 42.5 Å². The number of aliphatic hydroxyl groups excluding tert-OH is 1. The van der Waals surface area contributed by atoms with Crippen molar-refractivity contribution in [3.8, 4) is 0 Å². The molecular formula is C27H27N3O4S. The molecule has 2 aromatic heterocycles. The first-order valence-corrected chi connectivity index (χ1v) is 12.3. The average Bonchev–Trinajstić information content (AvgIpc) is 3.16. The number of hydrogen-bond acceptors (Lipinski definition) is 7. The van der Waals surface area contributed by atoms with Crippen LogP contribution in [0.15, 0.2) is 42.5 Å². The molecule has 1 fully saturated rings. The first-order valence-electron chi connectivity index (χ1n) is 11.5. The lowest BCUT2D eigenvalue weighted by Gasteiger charge is -2.36. The van der Waals surface area contributed by atoms with E-state index in [9.17, 15) is 14.7 Å². The molecule has 0 aliphatic carbocycles. The highest BCUT2D eigenvalue weighted by Gasteiger charge is 2.25. The molecule has 180 valence electrons. The summed E-state index contributed by atoms with van der Waals surface area (Å²) < 4.78 is 6.16. The predicted molar refractivity (Wildman–Crippen MR) is 138 cm³/mol. The van der Waals surface area contributed by atoms with Crippen LogP contribution in [0, 0.1) is 6.92 Å². The molecule has 0 spiro atoms. The van der Waals surface area contributed by atoms with Crippen LogP contribution < -0.4 is 5.32 Å². The lowest BCUT2D eigenvalue weighted by Crippen LogP contribution is -2.49. The van der Waals surface area contributed by atoms with Crippen molar-refractivity contribution in [3.05, 3.63) is 69.6 Å². The number of para-hydroxylation sites is 1. The number of amides is 1. The van der Waals surface area contributed by atoms with Gasteiger partial charge < -0.3 is 15.2 Å². The molecule has 1 amide bonds. The van der Waals surface area contributed by atoms with Gasteiger partial charge in [0.1, 0.15) is 5.82 Å². The molecule has 0 bridgehead atoms. The highest BCUT2D eigenvalue weighted by Crippen LogP contribution is 2.37. The van der Waals surface area contributed by atoms with Crippen LogP contribution >= 0.6 is 11.3 Å². The van der Waals surface area contributed by atoms with Gasteiger partial charge in [0.2, 0.25) is 0 Å². The maximum atomic E-state index is 13.4. The molecule has 0 unspecified atom stereocenters. The SMILES string of the molecule is COCc1ccc(C(C)=O)c2sc(C(=O)Nc3cc(CN4CC(O)C4)c4ccccc4n3)c(C)c12. The number of Topliss-reactive ketones (excluding diaryl/α,β-unsaturated/α-hetero) is 1. The number of benzene rings is 2. The van der Waals surface area contributed by atoms with Crippen molar-refractivity contribution in [2.24, 2.45) is 0 Å². The number of anilines is 1. The fourth-order valence-corrected chi connectivity index (χ4v) is 6.04. The number of ketones is 1. The summed E-state index contributed by atoms with van der Waals surface area (Å²) in [5.41, 5.74) is 4.23. The van der Waals surface area contributed by atoms with Gasteiger partial charge in [0.15, 0.2) is 5.78 Å². The van der Waals surface area contributed by atoms with E-state index in [2.05, 4.69) is 15.2 Å². The summed E-state index contributed by atoms with van der Waals surface area (Å²) in [7, 11) is 1.63. The van der Waals surface area contributed by atoms with Crippen LogP contribution in [0.2, 0.25) is 0 Å². The van der Waals surface area contributed by atoms with Crippen molar-refractivity contribution in [1.82, 2.24) is 9.88 Å². The zero-order chi connectivity index (χ0) is 24.7. The largest absolute Gasteiger partial charge is 0.390 e. The fraction of sp³-hybridized carbons (Fsp3) is 0.296. The van der Waals surface area contributed by atoms with E-state index in [-0.39, 0.29) is 17.8 Å². The van der Waals surface area contributed by atoms with Gasteiger partial charge in [0.05, 0.1) is 23.1 Å². The molecule has 1 saturated heterocycles. The number of nitrogens with zero attached hydrogens (tertiary/aromatic N) is 2. The normalized spacial score (nSPS) is 14.4. The third-order valence-corrected chi connectivity index (χ3v) is 7.75. The van der Waals surface area contributed by atoms with Gasteiger partial charge in [-0.15, -0.1) is 11.3 Å². The minimum Gasteiger partial charge on any atom is -0.390 e. The maximum Gasteiger partial charge on any atom is 0.267 e. The monoisotopic (exact) mass is 489 g/mol. The zero-order valence-electron chi connectivity index (χ0n) is 19.9. The molecule has 0 saturated carbocycles. The van der Waals surface area contributed by atoms with Crippen LogP contribution in [-0.4, -0.2) is 53.0 Å². The van der Waals surface area contributed by atoms with Gasteiger partial charge in [0, 0.05) is 47.8 Å². The molecule has 8 heteroatoms. The number of methoxy groups -OCH3 is 1. The summed E-state index contributed by atoms with van der Waals surface area (Å²) >= 11 is 1.33. The van der Waals surface area contributed by atoms with Gasteiger partial charge in [-0.05, 0) is 48.7 Å². The molecule has 4 aromatic rings. The highest BCUT2D eigenvalue weighted by molar-refractivity contribution is 7.21. The van der Waals surface area contributed by atoms with Crippen LogP contribution in [0.1, 0.15) is 43.6 Å². The number of fused-ring (bicyclic) bond motifs is 2. The number of aromatic nitrogens is 1. The maximum absolute atomic E-state index is 13.4. The van der Waals surface area contributed by atoms with E-state index in [1.54, 1.807) is 13.2 Å². The van der Waals surface area contributed by atoms with Gasteiger partial charge >= 0.3 is 0 Å². The highest BCUT2D eigenvalue weighted by atomic mass is 32.1. The third-order valence-electron chi connectivity index (χ3n) is 6.42. The second-order valence-electron chi connectivity index (χ2n) is 9.01. The Kier molecular flexibility index (Phi) is 6.37. The number of hydrogen-bond donors (Lipinski definition) is 2. The predicted octanol–water partition coefficient (Wildman–Crippen LogP) is 4.54. The van der Waals surface area contributed by atoms with Gasteiger partial charge in [0.25, 0.3) is 5.91 Å². The lowest BCUT2D eigenvalue weighted by atomic mass is 10.0. The Hall–Kier alpha value is -3.17. The number of thiophene rings is 1. The Balaban J connectivity index is 1.52. The summed E-state index contributed by atoms with van der Waals surface area (Å²) in [5, 5.41) is 14.6. The van der Waals surface area contributed by atoms with Crippen molar-refractivity contribution in [3.63, 3.8) is 0 Å². The zero-order valence-corrected chi connectivity index (χ0v) is 20.7. The van der Waals surface area contributed by atoms with E-state index in [0.717, 1.165) is 37.7 Å². The van der Waals surface area contributed by atoms with Crippen molar-refractivity contribution < 1.29 is 19.4 Å². The Bertz CT molecular complexity index is 1460. The van der Waals surface area contributed by atoms with E-state index < -0.39 is 0 Å². The van der Waals surface area contributed by atoms with Crippen LogP contribution in [0.5, 0.6) is 0 Å². The minimum absolute atomic E-state index is 0.0378. The van der Waals surface area contributed by atoms with E-state index in [1.807, 2.05) is 43.3 Å². The number of rotatable bonds is 7. The molecule has 1 aliphatic rings. The molecular weight excluding hydrogens is 462 g/mol. The van der Waals surface area contributed by atoms with Gasteiger partial charge in [-0.2, -0.15) is 0 Å². The van der Waals surface area contributed by atoms with Gasteiger partial charge in [-0.25, -0.2) is 4.98 Å². The Morgan fingerprint density at radius 1 is 1.20 bits per heavy atom. The number of pyridine rings is 1. The van der Waals surface area contributed by atoms with Crippen molar-refractivity contribution >= 4 is 49.8 Å². The van der Waals surface area contributed by atoms with Gasteiger partial charge in [-0.1, -0.05) is 24.3 Å². The molecule has 7 nitrogen and oxygen atoms in total. The molecule has 2 N–H and O–H groups in total. The summed E-state index contributed by atoms with van der Waals surface area (Å²) in [4.78, 5) is 33.1. The van der Waals surface area contributed by atoms with E-state index in [1.165, 1.54) is 18.3 Å². The first kappa shape index (κ1) is 23.6. The quantitative estimate of drug-likeness (QED) is 0.371. The molecule has 3 heterocycles. The van der Waals surface area contributed by atoms with Crippen LogP contribution in [0.3, 0.4) is 0 Å². The standard InChI is InChI=1S/C27H27N3O4S/c1-15-24-17(14-34-3)8-9-20(16(2)31)26(24)35-25(15)27(33)29-23-10-18(11-30-12-19(32)13-30)21-6-4-5-7-22(21)28-23/h4-10,19,32H,11-14H2,1-3H3,(H,28,29,33). The lowest BCUT2D eigenvalue weighted by molar-refractivity contribution is -0.00263. The Morgan fingerprint density at radius 2 is 1.97 bits per heavy atom. The van der Waals surface area contributed by atoms with Crippen molar-refractivity contribution in [1.29, 1.82) is 0 Å². The molecule has 1 aliphatic heterocycles. The van der Waals surface area contributed by atoms with Crippen LogP contribution in [0.4, 0.5) is 5.82 Å². The van der Waals surface area contributed by atoms with E-state index in [4.69, 9.17) is 4.74 Å². The Morgan fingerprint density at radius 3 is 2.69 bits per heavy atom. The molecule has 2 aromatic carbocycles. The Labute approximate surface area is 207 Å². The van der Waals surface area contributed by atoms with Gasteiger partial charge in [-0.3, -0.25) is 14.5 Å². The number of β-amino-alcohol motifs (C(OH)–C–C–N with tert-alkyl or cyclic N) is 1. The number of likely N-dealkylation sites (tertiary alicyclic amines) is 1. The molecule has 35 heavy (non-hydrogen) atoms. The average molecular weight is 490 g/mol. The number of nitrogens with one attached hydrogen (secondary N) is 1. The molecule has 0 atom stereocenters. The number of carbonyl (C=O) groups excluding carboxylic acids is 2. The minimum atomic E-state index is -0.277. The molecule has 5 rings (SSSR count). The van der Waals surface area contributed by atoms with Crippen molar-refractivity contribution in [2.75, 3.05) is 25.5 Å². The number of aryl methyl sites for hydroxylation is 1. The second kappa shape index (κ2) is 9.47. The topological polar surface area (TPSA) is 91.8 Å². The van der Waals surface area contributed by atoms with Crippen LogP contribution in [-0.2, 0) is 17.9 Å². The van der Waals surface area contributed by atoms with Crippen LogP contribution in [0.25, 0.3) is 21.0 Å². The van der Waals surface area contributed by atoms with E-state index >= 15 is 0 Å². The summed E-state index contributed by atoms with van der Waals surface area (Å²) in [6.07, 6.45) is -0.277. The summed E-state index contributed by atoms with van der Waals surface area (Å²) in [6.45, 7) is 5.80. The van der Waals surface area contributed by atoms with Crippen molar-refractivity contribution in [2.45, 2.75) is 33.1 Å². The molecule has 0 radical (unpaired) electrons. The first-order chi connectivity index (χ1) is 16.9. The number of ether oxygens (including phenoxy) is 1. The third kappa shape index (κ3) is 4.46.